The lowest BCUT2D eigenvalue weighted by atomic mass is 10.1. The van der Waals surface area contributed by atoms with Gasteiger partial charge < -0.3 is 15.7 Å². The highest BCUT2D eigenvalue weighted by molar-refractivity contribution is 5.96. The van der Waals surface area contributed by atoms with Crippen molar-refractivity contribution < 1.29 is 14.7 Å². The van der Waals surface area contributed by atoms with E-state index in [1.54, 1.807) is 24.3 Å². The molecule has 0 heterocycles. The van der Waals surface area contributed by atoms with Crippen LogP contribution in [0.25, 0.3) is 0 Å². The number of benzene rings is 1. The number of aliphatic hydroxyl groups is 1. The largest absolute Gasteiger partial charge is 0.396 e. The third-order valence-electron chi connectivity index (χ3n) is 4.28. The van der Waals surface area contributed by atoms with Crippen LogP contribution in [-0.4, -0.2) is 30.1 Å². The Bertz CT molecular complexity index is 545. The molecule has 0 aliphatic heterocycles. The smallest absolute Gasteiger partial charge is 0.251 e. The fourth-order valence-corrected chi connectivity index (χ4v) is 2.23. The molecule has 0 saturated heterocycles. The molecule has 0 spiro atoms. The highest BCUT2D eigenvalue weighted by Gasteiger charge is 2.42. The zero-order chi connectivity index (χ0) is 14.9. The number of hydrogen-bond donors (Lipinski definition) is 3. The molecule has 0 radical (unpaired) electrons. The van der Waals surface area contributed by atoms with Crippen molar-refractivity contribution in [1.82, 2.24) is 5.32 Å². The Morgan fingerprint density at radius 2 is 1.86 bits per heavy atom. The maximum atomic E-state index is 12.0. The number of nitrogens with one attached hydrogen (secondary N) is 2. The average molecular weight is 288 g/mol. The van der Waals surface area contributed by atoms with E-state index < -0.39 is 0 Å². The Balaban J connectivity index is 1.53. The zero-order valence-corrected chi connectivity index (χ0v) is 11.9. The van der Waals surface area contributed by atoms with Gasteiger partial charge in [-0.2, -0.15) is 0 Å². The van der Waals surface area contributed by atoms with Crippen molar-refractivity contribution in [2.45, 2.75) is 25.7 Å². The van der Waals surface area contributed by atoms with Gasteiger partial charge in [-0.3, -0.25) is 9.59 Å². The van der Waals surface area contributed by atoms with Crippen LogP contribution in [0.2, 0.25) is 0 Å². The topological polar surface area (TPSA) is 78.4 Å². The first-order chi connectivity index (χ1) is 10.1. The average Bonchev–Trinajstić information content (AvgIpc) is 3.40. The molecule has 112 valence electrons. The van der Waals surface area contributed by atoms with Gasteiger partial charge in [0.15, 0.2) is 0 Å². The summed E-state index contributed by atoms with van der Waals surface area (Å²) in [5, 5.41) is 14.9. The molecule has 1 aromatic carbocycles. The van der Waals surface area contributed by atoms with Gasteiger partial charge in [0.1, 0.15) is 0 Å². The van der Waals surface area contributed by atoms with Crippen molar-refractivity contribution in [2.24, 2.45) is 11.3 Å². The van der Waals surface area contributed by atoms with E-state index in [0.717, 1.165) is 31.4 Å². The molecule has 5 nitrogen and oxygen atoms in total. The second-order valence-corrected chi connectivity index (χ2v) is 6.18. The van der Waals surface area contributed by atoms with Crippen molar-refractivity contribution >= 4 is 17.5 Å². The Labute approximate surface area is 123 Å². The summed E-state index contributed by atoms with van der Waals surface area (Å²) in [5.41, 5.74) is 1.19. The molecule has 21 heavy (non-hydrogen) atoms. The minimum absolute atomic E-state index is 0.0609. The highest BCUT2D eigenvalue weighted by atomic mass is 16.3. The molecule has 2 fully saturated rings. The van der Waals surface area contributed by atoms with E-state index >= 15 is 0 Å². The lowest BCUT2D eigenvalue weighted by Crippen LogP contribution is -2.31. The normalized spacial score (nSPS) is 18.9. The maximum absolute atomic E-state index is 12.0. The van der Waals surface area contributed by atoms with E-state index in [1.165, 1.54) is 0 Å². The van der Waals surface area contributed by atoms with Gasteiger partial charge in [-0.05, 0) is 49.9 Å². The first kappa shape index (κ1) is 14.1. The minimum Gasteiger partial charge on any atom is -0.396 e. The van der Waals surface area contributed by atoms with Gasteiger partial charge in [-0.1, -0.05) is 0 Å². The number of carbonyl (C=O) groups excluding carboxylic acids is 2. The van der Waals surface area contributed by atoms with Crippen LogP contribution >= 0.6 is 0 Å². The number of rotatable bonds is 6. The van der Waals surface area contributed by atoms with Crippen molar-refractivity contribution in [2.75, 3.05) is 18.5 Å². The molecule has 0 bridgehead atoms. The Hall–Kier alpha value is -1.88. The summed E-state index contributed by atoms with van der Waals surface area (Å²) in [6, 6.07) is 6.90. The summed E-state index contributed by atoms with van der Waals surface area (Å²) in [4.78, 5) is 23.6. The molecule has 5 heteroatoms. The lowest BCUT2D eigenvalue weighted by Gasteiger charge is -2.13. The fraction of sp³-hybridized carbons (Fsp3) is 0.500. The van der Waals surface area contributed by atoms with Crippen LogP contribution in [0.15, 0.2) is 24.3 Å². The molecule has 2 aliphatic carbocycles. The molecule has 0 atom stereocenters. The SMILES string of the molecule is O=C(NCC1(CO)CC1)c1ccc(NC(=O)C2CC2)cc1. The Morgan fingerprint density at radius 1 is 1.19 bits per heavy atom. The van der Waals surface area contributed by atoms with Gasteiger partial charge in [0, 0.05) is 29.1 Å². The molecular formula is C16H20N2O3. The summed E-state index contributed by atoms with van der Waals surface area (Å²) in [6.07, 6.45) is 3.88. The maximum Gasteiger partial charge on any atom is 0.251 e. The molecule has 2 aliphatic rings. The third-order valence-corrected chi connectivity index (χ3v) is 4.28. The summed E-state index contributed by atoms with van der Waals surface area (Å²) in [5.74, 6) is 0.0850. The summed E-state index contributed by atoms with van der Waals surface area (Å²) < 4.78 is 0. The van der Waals surface area contributed by atoms with Crippen molar-refractivity contribution in [3.05, 3.63) is 29.8 Å². The molecule has 2 amide bonds. The lowest BCUT2D eigenvalue weighted by molar-refractivity contribution is -0.117. The summed E-state index contributed by atoms with van der Waals surface area (Å²) in [6.45, 7) is 0.641. The second kappa shape index (κ2) is 5.48. The van der Waals surface area contributed by atoms with Crippen molar-refractivity contribution in [1.29, 1.82) is 0 Å². The first-order valence-electron chi connectivity index (χ1n) is 7.42. The summed E-state index contributed by atoms with van der Waals surface area (Å²) in [7, 11) is 0. The second-order valence-electron chi connectivity index (χ2n) is 6.18. The first-order valence-corrected chi connectivity index (χ1v) is 7.42. The third kappa shape index (κ3) is 3.42. The fourth-order valence-electron chi connectivity index (χ4n) is 2.23. The molecule has 0 unspecified atom stereocenters. The Morgan fingerprint density at radius 3 is 2.38 bits per heavy atom. The standard InChI is InChI=1S/C16H20N2O3/c19-10-16(7-8-16)9-17-14(20)11-3-5-13(6-4-11)18-15(21)12-1-2-12/h3-6,12,19H,1-2,7-10H2,(H,17,20)(H,18,21). The molecular weight excluding hydrogens is 268 g/mol. The van der Waals surface area contributed by atoms with Gasteiger partial charge in [0.25, 0.3) is 5.91 Å². The van der Waals surface area contributed by atoms with Gasteiger partial charge in [-0.25, -0.2) is 0 Å². The van der Waals surface area contributed by atoms with Crippen LogP contribution in [0.4, 0.5) is 5.69 Å². The van der Waals surface area contributed by atoms with E-state index in [0.29, 0.717) is 12.1 Å². The number of anilines is 1. The minimum atomic E-state index is -0.144. The predicted octanol–water partition coefficient (Wildman–Crippen LogP) is 1.54. The van der Waals surface area contributed by atoms with Crippen LogP contribution in [0.1, 0.15) is 36.0 Å². The molecule has 3 N–H and O–H groups in total. The number of amides is 2. The van der Waals surface area contributed by atoms with E-state index in [-0.39, 0.29) is 29.8 Å². The van der Waals surface area contributed by atoms with Crippen LogP contribution in [0.5, 0.6) is 0 Å². The monoisotopic (exact) mass is 288 g/mol. The van der Waals surface area contributed by atoms with Crippen LogP contribution in [0, 0.1) is 11.3 Å². The van der Waals surface area contributed by atoms with Gasteiger partial charge in [0.2, 0.25) is 5.91 Å². The van der Waals surface area contributed by atoms with Crippen LogP contribution in [-0.2, 0) is 4.79 Å². The molecule has 2 saturated carbocycles. The van der Waals surface area contributed by atoms with Gasteiger partial charge in [0.05, 0.1) is 6.61 Å². The molecule has 0 aromatic heterocycles. The Kier molecular flexibility index (Phi) is 3.68. The van der Waals surface area contributed by atoms with Crippen molar-refractivity contribution in [3.63, 3.8) is 0 Å². The van der Waals surface area contributed by atoms with E-state index in [1.807, 2.05) is 0 Å². The molecule has 3 rings (SSSR count). The van der Waals surface area contributed by atoms with E-state index in [4.69, 9.17) is 0 Å². The van der Waals surface area contributed by atoms with Crippen LogP contribution in [0.3, 0.4) is 0 Å². The summed E-state index contributed by atoms with van der Waals surface area (Å²) >= 11 is 0. The van der Waals surface area contributed by atoms with E-state index in [9.17, 15) is 14.7 Å². The zero-order valence-electron chi connectivity index (χ0n) is 11.9. The van der Waals surface area contributed by atoms with Crippen LogP contribution < -0.4 is 10.6 Å². The predicted molar refractivity (Wildman–Crippen MR) is 78.9 cm³/mol. The quantitative estimate of drug-likeness (QED) is 0.743. The highest BCUT2D eigenvalue weighted by Crippen LogP contribution is 2.44. The van der Waals surface area contributed by atoms with Gasteiger partial charge >= 0.3 is 0 Å². The van der Waals surface area contributed by atoms with E-state index in [2.05, 4.69) is 10.6 Å². The number of aliphatic hydroxyl groups excluding tert-OH is 1. The number of carbonyl (C=O) groups is 2. The van der Waals surface area contributed by atoms with Gasteiger partial charge in [-0.15, -0.1) is 0 Å². The number of hydrogen-bond acceptors (Lipinski definition) is 3. The molecule has 1 aromatic rings. The van der Waals surface area contributed by atoms with Crippen molar-refractivity contribution in [3.8, 4) is 0 Å².